The van der Waals surface area contributed by atoms with E-state index >= 15 is 0 Å². The number of aromatic hydroxyl groups is 1. The van der Waals surface area contributed by atoms with Crippen LogP contribution in [0.1, 0.15) is 10.4 Å². The largest absolute Gasteiger partial charge is 0.504 e. The number of hydrogen-bond donors (Lipinski definition) is 6. The second-order valence-electron chi connectivity index (χ2n) is 9.18. The molecule has 3 fully saturated rings. The maximum absolute atomic E-state index is 12.9. The van der Waals surface area contributed by atoms with E-state index in [9.17, 15) is 35.4 Å². The number of esters is 1. The lowest BCUT2D eigenvalue weighted by Crippen LogP contribution is -2.60. The predicted octanol–water partition coefficient (Wildman–Crippen LogP) is -2.01. The summed E-state index contributed by atoms with van der Waals surface area (Å²) in [6, 6.07) is 4.02. The molecule has 3 aliphatic heterocycles. The average molecular weight is 512 g/mol. The van der Waals surface area contributed by atoms with Crippen LogP contribution in [0, 0.1) is 11.8 Å². The molecule has 3 heterocycles. The maximum Gasteiger partial charge on any atom is 0.338 e. The summed E-state index contributed by atoms with van der Waals surface area (Å²) in [7, 11) is 1.35. The Labute approximate surface area is 205 Å². The van der Waals surface area contributed by atoms with Gasteiger partial charge in [-0.05, 0) is 24.3 Å². The lowest BCUT2D eigenvalue weighted by Gasteiger charge is -2.43. The van der Waals surface area contributed by atoms with Crippen LogP contribution < -0.4 is 4.74 Å². The summed E-state index contributed by atoms with van der Waals surface area (Å²) < 4.78 is 33.4. The van der Waals surface area contributed by atoms with Gasteiger partial charge in [0.25, 0.3) is 0 Å². The molecule has 1 aromatic rings. The lowest BCUT2D eigenvalue weighted by atomic mass is 9.85. The minimum atomic E-state index is -1.66. The van der Waals surface area contributed by atoms with E-state index in [4.69, 9.17) is 28.4 Å². The third kappa shape index (κ3) is 3.92. The van der Waals surface area contributed by atoms with Crippen molar-refractivity contribution in [2.24, 2.45) is 11.8 Å². The predicted molar refractivity (Wildman–Crippen MR) is 114 cm³/mol. The Balaban J connectivity index is 1.35. The van der Waals surface area contributed by atoms with Crippen molar-refractivity contribution >= 4 is 5.97 Å². The summed E-state index contributed by atoms with van der Waals surface area (Å²) >= 11 is 0. The number of ether oxygens (including phenoxy) is 6. The highest BCUT2D eigenvalue weighted by molar-refractivity contribution is 5.90. The first-order valence-electron chi connectivity index (χ1n) is 11.4. The van der Waals surface area contributed by atoms with Crippen molar-refractivity contribution < 1.29 is 63.9 Å². The van der Waals surface area contributed by atoms with Gasteiger partial charge in [-0.2, -0.15) is 0 Å². The van der Waals surface area contributed by atoms with Gasteiger partial charge in [0.2, 0.25) is 6.29 Å². The zero-order chi connectivity index (χ0) is 25.8. The zero-order valence-electron chi connectivity index (χ0n) is 19.1. The number of benzene rings is 1. The van der Waals surface area contributed by atoms with E-state index in [0.717, 1.165) is 0 Å². The number of aliphatic hydroxyl groups excluding tert-OH is 5. The van der Waals surface area contributed by atoms with Crippen LogP contribution in [0.2, 0.25) is 0 Å². The SMILES string of the molecule is COc1cc(C(=O)O[C@@H]2[C@@H]3C=CO[C@@H](O[C@H]4O[C@@H](CO)[C@H](O)[C@@H](O)[C@@H]4O)[C@@H]3[C@]3(CO)O[C@@H]23)ccc1O. The third-order valence-electron chi connectivity index (χ3n) is 7.26. The molecule has 0 spiro atoms. The molecule has 5 rings (SSSR count). The number of aliphatic hydroxyl groups is 5. The topological polar surface area (TPSA) is 197 Å². The van der Waals surface area contributed by atoms with Crippen LogP contribution in [-0.2, 0) is 23.7 Å². The van der Waals surface area contributed by atoms with Gasteiger partial charge in [0.15, 0.2) is 17.8 Å². The van der Waals surface area contributed by atoms with Crippen LogP contribution in [0.25, 0.3) is 0 Å². The molecule has 4 aliphatic rings. The molecule has 1 aromatic carbocycles. The summed E-state index contributed by atoms with van der Waals surface area (Å²) in [4.78, 5) is 12.9. The Bertz CT molecular complexity index is 1010. The minimum Gasteiger partial charge on any atom is -0.504 e. The fraction of sp³-hybridized carbons (Fsp3) is 0.609. The molecule has 0 bridgehead atoms. The molecule has 13 nitrogen and oxygen atoms in total. The van der Waals surface area contributed by atoms with Crippen molar-refractivity contribution in [3.63, 3.8) is 0 Å². The summed E-state index contributed by atoms with van der Waals surface area (Å²) in [5, 5.41) is 59.8. The zero-order valence-corrected chi connectivity index (χ0v) is 19.1. The number of methoxy groups -OCH3 is 1. The normalized spacial score (nSPS) is 42.7. The number of carbonyl (C=O) groups excluding carboxylic acids is 1. The first-order valence-corrected chi connectivity index (χ1v) is 11.4. The van der Waals surface area contributed by atoms with E-state index < -0.39 is 85.8 Å². The van der Waals surface area contributed by atoms with Gasteiger partial charge in [-0.25, -0.2) is 4.79 Å². The second-order valence-corrected chi connectivity index (χ2v) is 9.18. The number of fused-ring (bicyclic) bond motifs is 3. The molecular formula is C23H28O13. The molecule has 36 heavy (non-hydrogen) atoms. The molecular weight excluding hydrogens is 484 g/mol. The molecule has 0 radical (unpaired) electrons. The molecule has 6 N–H and O–H groups in total. The quantitative estimate of drug-likeness (QED) is 0.173. The first kappa shape index (κ1) is 25.2. The van der Waals surface area contributed by atoms with Crippen molar-refractivity contribution in [1.29, 1.82) is 0 Å². The van der Waals surface area contributed by atoms with Crippen LogP contribution in [0.5, 0.6) is 11.5 Å². The van der Waals surface area contributed by atoms with Gasteiger partial charge in [-0.15, -0.1) is 0 Å². The van der Waals surface area contributed by atoms with E-state index in [1.54, 1.807) is 6.08 Å². The molecule has 2 saturated heterocycles. The van der Waals surface area contributed by atoms with Gasteiger partial charge < -0.3 is 59.1 Å². The highest BCUT2D eigenvalue weighted by Gasteiger charge is 2.77. The van der Waals surface area contributed by atoms with Gasteiger partial charge in [0, 0.05) is 5.92 Å². The standard InChI is InChI=1S/C23H28O13/c1-31-12-6-9(2-3-11(12)26)20(30)34-18-10-4-5-32-21(14(10)23(8-25)19(18)36-23)35-22-17(29)16(28)15(27)13(7-24)33-22/h2-6,10,13-19,21-22,24-29H,7-8H2,1H3/t10-,13+,14-,15+,16-,17+,18-,19+,21+,22-,23+/m1/s1. The number of phenols is 1. The van der Waals surface area contributed by atoms with Gasteiger partial charge in [-0.1, -0.05) is 0 Å². The number of hydrogen-bond acceptors (Lipinski definition) is 13. The van der Waals surface area contributed by atoms with Crippen LogP contribution in [0.15, 0.2) is 30.5 Å². The van der Waals surface area contributed by atoms with Gasteiger partial charge in [-0.3, -0.25) is 0 Å². The van der Waals surface area contributed by atoms with Gasteiger partial charge in [0.1, 0.15) is 42.2 Å². The minimum absolute atomic E-state index is 0.0973. The van der Waals surface area contributed by atoms with E-state index in [0.29, 0.717) is 0 Å². The van der Waals surface area contributed by atoms with Crippen LogP contribution >= 0.6 is 0 Å². The van der Waals surface area contributed by atoms with E-state index in [1.807, 2.05) is 0 Å². The third-order valence-corrected chi connectivity index (χ3v) is 7.26. The fourth-order valence-electron chi connectivity index (χ4n) is 5.28. The molecule has 13 heteroatoms. The monoisotopic (exact) mass is 512 g/mol. The van der Waals surface area contributed by atoms with Crippen LogP contribution in [0.3, 0.4) is 0 Å². The summed E-state index contributed by atoms with van der Waals surface area (Å²) in [5.41, 5.74) is -1.03. The summed E-state index contributed by atoms with van der Waals surface area (Å²) in [5.74, 6) is -1.95. The van der Waals surface area contributed by atoms with Crippen LogP contribution in [-0.4, -0.2) is 112 Å². The Hall–Kier alpha value is -2.49. The Morgan fingerprint density at radius 2 is 1.89 bits per heavy atom. The van der Waals surface area contributed by atoms with E-state index in [-0.39, 0.29) is 17.1 Å². The Morgan fingerprint density at radius 1 is 1.11 bits per heavy atom. The highest BCUT2D eigenvalue weighted by atomic mass is 16.8. The van der Waals surface area contributed by atoms with Crippen LogP contribution in [0.4, 0.5) is 0 Å². The van der Waals surface area contributed by atoms with Gasteiger partial charge >= 0.3 is 5.97 Å². The van der Waals surface area contributed by atoms with Gasteiger partial charge in [0.05, 0.1) is 38.1 Å². The molecule has 0 unspecified atom stereocenters. The van der Waals surface area contributed by atoms with Crippen molar-refractivity contribution in [3.8, 4) is 11.5 Å². The molecule has 11 atom stereocenters. The van der Waals surface area contributed by atoms with Crippen molar-refractivity contribution in [3.05, 3.63) is 36.1 Å². The van der Waals surface area contributed by atoms with Crippen molar-refractivity contribution in [2.45, 2.75) is 54.8 Å². The molecule has 198 valence electrons. The molecule has 0 aromatic heterocycles. The molecule has 1 aliphatic carbocycles. The first-order chi connectivity index (χ1) is 17.2. The van der Waals surface area contributed by atoms with E-state index in [2.05, 4.69) is 0 Å². The van der Waals surface area contributed by atoms with Crippen molar-refractivity contribution in [2.75, 3.05) is 20.3 Å². The molecule has 1 saturated carbocycles. The Kier molecular flexibility index (Phi) is 6.59. The average Bonchev–Trinajstić information content (AvgIpc) is 3.56. The number of rotatable bonds is 7. The highest BCUT2D eigenvalue weighted by Crippen LogP contribution is 2.60. The molecule has 0 amide bonds. The number of epoxide rings is 1. The lowest BCUT2D eigenvalue weighted by molar-refractivity contribution is -0.344. The smallest absolute Gasteiger partial charge is 0.338 e. The van der Waals surface area contributed by atoms with E-state index in [1.165, 1.54) is 31.6 Å². The maximum atomic E-state index is 12.9. The Morgan fingerprint density at radius 3 is 2.58 bits per heavy atom. The summed E-state index contributed by atoms with van der Waals surface area (Å²) in [6.45, 7) is -1.07. The summed E-state index contributed by atoms with van der Waals surface area (Å²) in [6.07, 6.45) is -7.19. The second kappa shape index (κ2) is 9.43. The van der Waals surface area contributed by atoms with Crippen molar-refractivity contribution in [1.82, 2.24) is 0 Å². The number of carbonyl (C=O) groups is 1. The number of phenolic OH excluding ortho intramolecular Hbond substituents is 1. The fourth-order valence-corrected chi connectivity index (χ4v) is 5.28.